The van der Waals surface area contributed by atoms with Crippen molar-refractivity contribution in [3.8, 4) is 28.4 Å². The number of thiazole rings is 1. The first-order chi connectivity index (χ1) is 23.7. The van der Waals surface area contributed by atoms with Gasteiger partial charge in [-0.25, -0.2) is 13.1 Å². The van der Waals surface area contributed by atoms with E-state index in [1.165, 1.54) is 20.2 Å². The van der Waals surface area contributed by atoms with Crippen molar-refractivity contribution in [1.29, 1.82) is 0 Å². The van der Waals surface area contributed by atoms with Gasteiger partial charge in [-0.15, -0.1) is 5.10 Å². The number of benzene rings is 3. The first kappa shape index (κ1) is 33.5. The van der Waals surface area contributed by atoms with Gasteiger partial charge in [0.2, 0.25) is 15.0 Å². The predicted molar refractivity (Wildman–Crippen MR) is 193 cm³/mol. The van der Waals surface area contributed by atoms with Crippen molar-refractivity contribution in [3.63, 3.8) is 0 Å². The molecule has 0 aliphatic carbocycles. The third-order valence-corrected chi connectivity index (χ3v) is 10.7. The number of hydrogen-bond acceptors (Lipinski definition) is 9. The van der Waals surface area contributed by atoms with E-state index >= 15 is 0 Å². The SMILES string of the molecule is C=CCOc1ccc(/C=C/c2nc3s/c(=C\c4cn(-c5ccccc5)nc4-c4cccc(S(=O)(=O)N(CC)CC)c4)c(=O)n3n2)cc1OC. The van der Waals surface area contributed by atoms with E-state index in [2.05, 4.69) is 16.7 Å². The molecule has 0 bridgehead atoms. The van der Waals surface area contributed by atoms with E-state index in [0.29, 0.717) is 63.3 Å². The number of rotatable bonds is 13. The summed E-state index contributed by atoms with van der Waals surface area (Å²) in [4.78, 5) is 18.7. The molecule has 0 saturated heterocycles. The highest BCUT2D eigenvalue weighted by atomic mass is 32.2. The maximum atomic E-state index is 13.5. The van der Waals surface area contributed by atoms with Gasteiger partial charge < -0.3 is 9.47 Å². The lowest BCUT2D eigenvalue weighted by atomic mass is 10.1. The Labute approximate surface area is 287 Å². The molecule has 0 amide bonds. The summed E-state index contributed by atoms with van der Waals surface area (Å²) in [5.74, 6) is 1.57. The minimum Gasteiger partial charge on any atom is -0.493 e. The van der Waals surface area contributed by atoms with Gasteiger partial charge in [0.05, 0.1) is 22.2 Å². The second-order valence-corrected chi connectivity index (χ2v) is 13.7. The molecule has 0 unspecified atom stereocenters. The lowest BCUT2D eigenvalue weighted by Gasteiger charge is -2.18. The minimum atomic E-state index is -3.70. The normalized spacial score (nSPS) is 12.4. The average molecular weight is 695 g/mol. The summed E-state index contributed by atoms with van der Waals surface area (Å²) < 4.78 is 42.6. The molecule has 0 spiro atoms. The van der Waals surface area contributed by atoms with Crippen LogP contribution in [-0.4, -0.2) is 63.9 Å². The van der Waals surface area contributed by atoms with E-state index in [9.17, 15) is 13.2 Å². The summed E-state index contributed by atoms with van der Waals surface area (Å²) in [6, 6.07) is 21.8. The maximum Gasteiger partial charge on any atom is 0.291 e. The van der Waals surface area contributed by atoms with Crippen LogP contribution in [0.15, 0.2) is 101 Å². The summed E-state index contributed by atoms with van der Waals surface area (Å²) >= 11 is 1.21. The van der Waals surface area contributed by atoms with Gasteiger partial charge in [0, 0.05) is 30.4 Å². The number of hydrogen-bond donors (Lipinski definition) is 0. The zero-order valence-corrected chi connectivity index (χ0v) is 28.8. The summed E-state index contributed by atoms with van der Waals surface area (Å²) in [5, 5.41) is 9.27. The predicted octanol–water partition coefficient (Wildman–Crippen LogP) is 5.33. The fourth-order valence-electron chi connectivity index (χ4n) is 5.23. The van der Waals surface area contributed by atoms with Crippen LogP contribution in [0.5, 0.6) is 11.5 Å². The van der Waals surface area contributed by atoms with E-state index < -0.39 is 10.0 Å². The fourth-order valence-corrected chi connectivity index (χ4v) is 7.64. The average Bonchev–Trinajstić information content (AvgIpc) is 3.81. The molecule has 6 aromatic rings. The van der Waals surface area contributed by atoms with Gasteiger partial charge in [-0.05, 0) is 54.1 Å². The lowest BCUT2D eigenvalue weighted by Crippen LogP contribution is -2.30. The Morgan fingerprint density at radius 1 is 0.959 bits per heavy atom. The molecule has 3 aromatic carbocycles. The van der Waals surface area contributed by atoms with Gasteiger partial charge >= 0.3 is 0 Å². The number of aromatic nitrogens is 5. The number of ether oxygens (including phenoxy) is 2. The molecule has 6 rings (SSSR count). The quantitative estimate of drug-likeness (QED) is 0.149. The molecule has 0 aliphatic heterocycles. The molecule has 3 aromatic heterocycles. The first-order valence-corrected chi connectivity index (χ1v) is 17.8. The van der Waals surface area contributed by atoms with Crippen LogP contribution in [0.3, 0.4) is 0 Å². The van der Waals surface area contributed by atoms with Gasteiger partial charge in [0.15, 0.2) is 17.3 Å². The van der Waals surface area contributed by atoms with Crippen molar-refractivity contribution in [3.05, 3.63) is 123 Å². The van der Waals surface area contributed by atoms with Crippen molar-refractivity contribution in [2.45, 2.75) is 18.7 Å². The van der Waals surface area contributed by atoms with Gasteiger partial charge in [-0.3, -0.25) is 4.79 Å². The third-order valence-electron chi connectivity index (χ3n) is 7.67. The second kappa shape index (κ2) is 14.4. The summed E-state index contributed by atoms with van der Waals surface area (Å²) in [7, 11) is -2.13. The molecule has 13 heteroatoms. The van der Waals surface area contributed by atoms with Gasteiger partial charge in [-0.1, -0.05) is 80.3 Å². The van der Waals surface area contributed by atoms with Crippen molar-refractivity contribution >= 4 is 44.5 Å². The number of nitrogens with zero attached hydrogens (tertiary/aromatic N) is 6. The van der Waals surface area contributed by atoms with Crippen LogP contribution < -0.4 is 19.6 Å². The number of para-hydroxylation sites is 1. The third kappa shape index (κ3) is 6.95. The molecule has 3 heterocycles. The second-order valence-electron chi connectivity index (χ2n) is 10.8. The molecule has 0 N–H and O–H groups in total. The zero-order chi connectivity index (χ0) is 34.5. The Hall–Kier alpha value is -5.37. The molecule has 11 nitrogen and oxygen atoms in total. The van der Waals surface area contributed by atoms with Gasteiger partial charge in [0.25, 0.3) is 5.56 Å². The van der Waals surface area contributed by atoms with E-state index in [4.69, 9.17) is 14.6 Å². The van der Waals surface area contributed by atoms with E-state index in [0.717, 1.165) is 11.3 Å². The molecule has 49 heavy (non-hydrogen) atoms. The van der Waals surface area contributed by atoms with E-state index in [-0.39, 0.29) is 10.5 Å². The lowest BCUT2D eigenvalue weighted by molar-refractivity contribution is 0.326. The van der Waals surface area contributed by atoms with Crippen molar-refractivity contribution in [2.75, 3.05) is 26.8 Å². The van der Waals surface area contributed by atoms with Crippen molar-refractivity contribution in [2.24, 2.45) is 0 Å². The first-order valence-electron chi connectivity index (χ1n) is 15.5. The van der Waals surface area contributed by atoms with Gasteiger partial charge in [-0.2, -0.15) is 18.9 Å². The Morgan fingerprint density at radius 2 is 1.76 bits per heavy atom. The number of sulfonamides is 1. The molecule has 0 atom stereocenters. The topological polar surface area (TPSA) is 121 Å². The summed E-state index contributed by atoms with van der Waals surface area (Å²) in [6.45, 7) is 8.36. The van der Waals surface area contributed by atoms with Crippen LogP contribution in [0.4, 0.5) is 0 Å². The molecule has 0 fully saturated rings. The van der Waals surface area contributed by atoms with Crippen LogP contribution in [0, 0.1) is 0 Å². The number of fused-ring (bicyclic) bond motifs is 1. The number of methoxy groups -OCH3 is 1. The summed E-state index contributed by atoms with van der Waals surface area (Å²) in [5.41, 5.74) is 3.10. The van der Waals surface area contributed by atoms with Crippen molar-refractivity contribution in [1.82, 2.24) is 28.7 Å². The molecule has 0 saturated carbocycles. The van der Waals surface area contributed by atoms with Crippen LogP contribution in [0.2, 0.25) is 0 Å². The smallest absolute Gasteiger partial charge is 0.291 e. The zero-order valence-electron chi connectivity index (χ0n) is 27.2. The summed E-state index contributed by atoms with van der Waals surface area (Å²) in [6.07, 6.45) is 8.78. The van der Waals surface area contributed by atoms with Gasteiger partial charge in [0.1, 0.15) is 12.3 Å². The van der Waals surface area contributed by atoms with Crippen molar-refractivity contribution < 1.29 is 17.9 Å². The van der Waals surface area contributed by atoms with E-state index in [1.807, 2.05) is 80.7 Å². The minimum absolute atomic E-state index is 0.174. The van der Waals surface area contributed by atoms with Crippen LogP contribution in [0.25, 0.3) is 40.1 Å². The highest BCUT2D eigenvalue weighted by Gasteiger charge is 2.23. The van der Waals surface area contributed by atoms with Crippen LogP contribution >= 0.6 is 11.3 Å². The molecular formula is C36H34N6O5S2. The monoisotopic (exact) mass is 694 g/mol. The molecular weight excluding hydrogens is 661 g/mol. The van der Waals surface area contributed by atoms with Crippen LogP contribution in [0.1, 0.15) is 30.8 Å². The molecule has 0 aliphatic rings. The maximum absolute atomic E-state index is 13.5. The van der Waals surface area contributed by atoms with Crippen LogP contribution in [-0.2, 0) is 10.0 Å². The Morgan fingerprint density at radius 3 is 2.47 bits per heavy atom. The van der Waals surface area contributed by atoms with E-state index in [1.54, 1.807) is 48.2 Å². The largest absolute Gasteiger partial charge is 0.493 e. The highest BCUT2D eigenvalue weighted by Crippen LogP contribution is 2.30. The molecule has 0 radical (unpaired) electrons. The molecule has 250 valence electrons. The standard InChI is InChI=1S/C36H34N6O5S2/c1-5-20-47-30-18-16-25(21-31(30)46-4)17-19-33-37-36-42(38-33)35(43)32(48-36)23-27-24-41(28-13-9-8-10-14-28)39-34(27)26-12-11-15-29(22-26)49(44,45)40(6-2)7-3/h5,8-19,21-24H,1,6-7,20H2,2-4H3/b19-17+,32-23-. The highest BCUT2D eigenvalue weighted by molar-refractivity contribution is 7.89. The Balaban J connectivity index is 1.37. The Kier molecular flexibility index (Phi) is 9.85. The fraction of sp³-hybridized carbons (Fsp3) is 0.167. The Bertz CT molecular complexity index is 2380.